The van der Waals surface area contributed by atoms with Gasteiger partial charge in [-0.2, -0.15) is 4.98 Å². The fourth-order valence-corrected chi connectivity index (χ4v) is 3.20. The Kier molecular flexibility index (Phi) is 4.39. The highest BCUT2D eigenvalue weighted by molar-refractivity contribution is 6.00. The van der Waals surface area contributed by atoms with Crippen molar-refractivity contribution in [2.75, 3.05) is 5.73 Å². The van der Waals surface area contributed by atoms with E-state index in [0.29, 0.717) is 46.6 Å². The number of fused-ring (bicyclic) bond motifs is 1. The molecule has 2 heterocycles. The third-order valence-corrected chi connectivity index (χ3v) is 5.04. The zero-order chi connectivity index (χ0) is 19.0. The number of hydrogen-bond donors (Lipinski definition) is 1. The van der Waals surface area contributed by atoms with Gasteiger partial charge in [-0.3, -0.25) is 4.79 Å². The van der Waals surface area contributed by atoms with Crippen molar-refractivity contribution in [2.45, 2.75) is 32.8 Å². The second kappa shape index (κ2) is 6.87. The lowest BCUT2D eigenvalue weighted by atomic mass is 9.91. The van der Waals surface area contributed by atoms with Crippen LogP contribution in [0.15, 0.2) is 47.0 Å². The monoisotopic (exact) mass is 363 g/mol. The van der Waals surface area contributed by atoms with Gasteiger partial charge >= 0.3 is 0 Å². The van der Waals surface area contributed by atoms with E-state index in [2.05, 4.69) is 24.0 Å². The number of nitrogens with zero attached hydrogens (tertiary/aromatic N) is 2. The minimum Gasteiger partial charge on any atom is -0.489 e. The number of nitrogens with two attached hydrogens (primary N) is 1. The molecule has 1 aromatic heterocycles. The van der Waals surface area contributed by atoms with Crippen LogP contribution in [0.5, 0.6) is 5.75 Å². The molecule has 0 bridgehead atoms. The van der Waals surface area contributed by atoms with Crippen molar-refractivity contribution in [2.24, 2.45) is 5.92 Å². The summed E-state index contributed by atoms with van der Waals surface area (Å²) in [4.78, 5) is 17.0. The van der Waals surface area contributed by atoms with Gasteiger partial charge in [0.1, 0.15) is 11.9 Å². The zero-order valence-electron chi connectivity index (χ0n) is 15.3. The Labute approximate surface area is 157 Å². The standard InChI is InChI=1S/C21H21N3O3/c1-3-12(2)19-11-17(25)16-10-14(7-8-18(16)26-19)21-23-20(24-27-21)13-5-4-6-15(22)9-13/h4-10,12,19H,3,11,22H2,1-2H3. The maximum Gasteiger partial charge on any atom is 0.258 e. The summed E-state index contributed by atoms with van der Waals surface area (Å²) < 4.78 is 11.4. The van der Waals surface area contributed by atoms with Crippen molar-refractivity contribution in [3.05, 3.63) is 48.0 Å². The average molecular weight is 363 g/mol. The first-order valence-electron chi connectivity index (χ1n) is 9.09. The smallest absolute Gasteiger partial charge is 0.258 e. The molecule has 0 spiro atoms. The van der Waals surface area contributed by atoms with Gasteiger partial charge in [0.2, 0.25) is 5.82 Å². The minimum absolute atomic E-state index is 0.0700. The number of hydrogen-bond acceptors (Lipinski definition) is 6. The minimum atomic E-state index is -0.0700. The fourth-order valence-electron chi connectivity index (χ4n) is 3.20. The lowest BCUT2D eigenvalue weighted by Gasteiger charge is -2.29. The van der Waals surface area contributed by atoms with E-state index in [1.807, 2.05) is 24.3 Å². The van der Waals surface area contributed by atoms with E-state index in [1.54, 1.807) is 18.2 Å². The molecule has 2 atom stereocenters. The molecule has 0 amide bonds. The van der Waals surface area contributed by atoms with Gasteiger partial charge in [-0.1, -0.05) is 37.6 Å². The SMILES string of the molecule is CCC(C)C1CC(=O)c2cc(-c3nc(-c4cccc(N)c4)no3)ccc2O1. The predicted octanol–water partition coefficient (Wildman–Crippen LogP) is 4.37. The second-order valence-electron chi connectivity index (χ2n) is 6.93. The molecule has 4 rings (SSSR count). The van der Waals surface area contributed by atoms with Gasteiger partial charge in [0.15, 0.2) is 5.78 Å². The maximum atomic E-state index is 12.6. The molecular formula is C21H21N3O3. The zero-order valence-corrected chi connectivity index (χ0v) is 15.3. The summed E-state index contributed by atoms with van der Waals surface area (Å²) in [5.41, 5.74) is 8.47. The predicted molar refractivity (Wildman–Crippen MR) is 102 cm³/mol. The first-order valence-corrected chi connectivity index (χ1v) is 9.09. The fraction of sp³-hybridized carbons (Fsp3) is 0.286. The van der Waals surface area contributed by atoms with E-state index in [4.69, 9.17) is 15.0 Å². The van der Waals surface area contributed by atoms with Gasteiger partial charge < -0.3 is 15.0 Å². The van der Waals surface area contributed by atoms with Gasteiger partial charge in [0, 0.05) is 23.2 Å². The highest BCUT2D eigenvalue weighted by Crippen LogP contribution is 2.34. The Morgan fingerprint density at radius 3 is 2.85 bits per heavy atom. The first-order chi connectivity index (χ1) is 13.0. The topological polar surface area (TPSA) is 91.2 Å². The van der Waals surface area contributed by atoms with Crippen LogP contribution in [-0.2, 0) is 0 Å². The number of ether oxygens (including phenoxy) is 1. The van der Waals surface area contributed by atoms with Gasteiger partial charge in [-0.05, 0) is 36.2 Å². The third kappa shape index (κ3) is 3.30. The second-order valence-corrected chi connectivity index (χ2v) is 6.93. The van der Waals surface area contributed by atoms with E-state index >= 15 is 0 Å². The van der Waals surface area contributed by atoms with Crippen molar-refractivity contribution < 1.29 is 14.1 Å². The molecule has 138 valence electrons. The molecule has 0 saturated heterocycles. The Balaban J connectivity index is 1.64. The molecular weight excluding hydrogens is 342 g/mol. The largest absolute Gasteiger partial charge is 0.489 e. The molecule has 27 heavy (non-hydrogen) atoms. The molecule has 3 aromatic rings. The summed E-state index contributed by atoms with van der Waals surface area (Å²) in [6.07, 6.45) is 1.30. The number of carbonyl (C=O) groups is 1. The van der Waals surface area contributed by atoms with E-state index < -0.39 is 0 Å². The van der Waals surface area contributed by atoms with Crippen LogP contribution in [0, 0.1) is 5.92 Å². The number of ketones is 1. The molecule has 0 aliphatic carbocycles. The number of rotatable bonds is 4. The van der Waals surface area contributed by atoms with Crippen LogP contribution in [0.4, 0.5) is 5.69 Å². The van der Waals surface area contributed by atoms with Gasteiger partial charge in [0.05, 0.1) is 5.56 Å². The number of nitrogen functional groups attached to an aromatic ring is 1. The van der Waals surface area contributed by atoms with Crippen LogP contribution in [0.2, 0.25) is 0 Å². The number of Topliss-reactive ketones (excluding diaryl/α,β-unsaturated/α-hetero) is 1. The summed E-state index contributed by atoms with van der Waals surface area (Å²) in [7, 11) is 0. The van der Waals surface area contributed by atoms with Crippen LogP contribution < -0.4 is 10.5 Å². The Morgan fingerprint density at radius 1 is 1.22 bits per heavy atom. The number of aromatic nitrogens is 2. The van der Waals surface area contributed by atoms with Gasteiger partial charge in [0.25, 0.3) is 5.89 Å². The van der Waals surface area contributed by atoms with Crippen LogP contribution in [-0.4, -0.2) is 22.0 Å². The van der Waals surface area contributed by atoms with Crippen molar-refractivity contribution >= 4 is 11.5 Å². The quantitative estimate of drug-likeness (QED) is 0.692. The molecule has 2 unspecified atom stereocenters. The summed E-state index contributed by atoms with van der Waals surface area (Å²) in [6.45, 7) is 4.21. The summed E-state index contributed by atoms with van der Waals surface area (Å²) in [5.74, 6) is 1.84. The third-order valence-electron chi connectivity index (χ3n) is 5.04. The molecule has 2 N–H and O–H groups in total. The number of benzene rings is 2. The molecule has 1 aliphatic rings. The molecule has 6 heteroatoms. The van der Waals surface area contributed by atoms with Crippen LogP contribution in [0.25, 0.3) is 22.8 Å². The maximum absolute atomic E-state index is 12.6. The van der Waals surface area contributed by atoms with Crippen molar-refractivity contribution in [1.82, 2.24) is 10.1 Å². The average Bonchev–Trinajstić information content (AvgIpc) is 3.17. The van der Waals surface area contributed by atoms with Gasteiger partial charge in [-0.15, -0.1) is 0 Å². The van der Waals surface area contributed by atoms with Crippen LogP contribution >= 0.6 is 0 Å². The highest BCUT2D eigenvalue weighted by atomic mass is 16.5. The van der Waals surface area contributed by atoms with Crippen molar-refractivity contribution in [3.63, 3.8) is 0 Å². The molecule has 2 aromatic carbocycles. The molecule has 0 fully saturated rings. The van der Waals surface area contributed by atoms with E-state index in [9.17, 15) is 4.79 Å². The highest BCUT2D eigenvalue weighted by Gasteiger charge is 2.30. The summed E-state index contributed by atoms with van der Waals surface area (Å²) >= 11 is 0. The van der Waals surface area contributed by atoms with E-state index in [-0.39, 0.29) is 11.9 Å². The van der Waals surface area contributed by atoms with Crippen LogP contribution in [0.1, 0.15) is 37.0 Å². The summed E-state index contributed by atoms with van der Waals surface area (Å²) in [5, 5.41) is 4.02. The van der Waals surface area contributed by atoms with Crippen molar-refractivity contribution in [1.29, 1.82) is 0 Å². The molecule has 6 nitrogen and oxygen atoms in total. The lowest BCUT2D eigenvalue weighted by molar-refractivity contribution is 0.0748. The lowest BCUT2D eigenvalue weighted by Crippen LogP contribution is -2.32. The van der Waals surface area contributed by atoms with E-state index in [0.717, 1.165) is 12.0 Å². The van der Waals surface area contributed by atoms with Gasteiger partial charge in [-0.25, -0.2) is 0 Å². The molecule has 0 radical (unpaired) electrons. The Hall–Kier alpha value is -3.15. The first kappa shape index (κ1) is 17.3. The molecule has 1 aliphatic heterocycles. The number of carbonyl (C=O) groups excluding carboxylic acids is 1. The van der Waals surface area contributed by atoms with Crippen molar-refractivity contribution in [3.8, 4) is 28.6 Å². The Bertz CT molecular complexity index is 996. The summed E-state index contributed by atoms with van der Waals surface area (Å²) in [6, 6.07) is 12.7. The van der Waals surface area contributed by atoms with E-state index in [1.165, 1.54) is 0 Å². The van der Waals surface area contributed by atoms with Crippen LogP contribution in [0.3, 0.4) is 0 Å². The normalized spacial score (nSPS) is 17.3. The number of anilines is 1. The Morgan fingerprint density at radius 2 is 2.07 bits per heavy atom. The molecule has 0 saturated carbocycles.